The van der Waals surface area contributed by atoms with Crippen molar-refractivity contribution in [3.8, 4) is 0 Å². The number of carboxylic acids is 1. The van der Waals surface area contributed by atoms with Crippen LogP contribution in [0.4, 0.5) is 0 Å². The van der Waals surface area contributed by atoms with E-state index >= 15 is 0 Å². The maximum Gasteiger partial charge on any atom is 0.224 e. The van der Waals surface area contributed by atoms with Gasteiger partial charge in [-0.15, -0.1) is 0 Å². The maximum atomic E-state index is 11.6. The number of carbonyl (C=O) groups is 2. The second-order valence-electron chi connectivity index (χ2n) is 4.01. The quantitative estimate of drug-likeness (QED) is 0.775. The van der Waals surface area contributed by atoms with Crippen molar-refractivity contribution in [1.29, 1.82) is 0 Å². The van der Waals surface area contributed by atoms with Crippen molar-refractivity contribution in [2.75, 3.05) is 6.54 Å². The monoisotopic (exact) mass is 245 g/mol. The molecule has 0 unspecified atom stereocenters. The zero-order valence-electron chi connectivity index (χ0n) is 9.73. The Hall–Kier alpha value is -2.30. The molecular weight excluding hydrogens is 232 g/mol. The fraction of sp³-hybridized carbons (Fsp3) is 0.231. The Labute approximate surface area is 104 Å². The molecule has 0 radical (unpaired) electrons. The van der Waals surface area contributed by atoms with Crippen LogP contribution >= 0.6 is 0 Å². The normalized spacial score (nSPS) is 10.4. The molecule has 5 nitrogen and oxygen atoms in total. The van der Waals surface area contributed by atoms with Gasteiger partial charge in [0.2, 0.25) is 5.91 Å². The third kappa shape index (κ3) is 2.88. The van der Waals surface area contributed by atoms with Crippen molar-refractivity contribution in [3.63, 3.8) is 0 Å². The van der Waals surface area contributed by atoms with Crippen LogP contribution in [0.5, 0.6) is 0 Å². The highest BCUT2D eigenvalue weighted by Crippen LogP contribution is 2.17. The number of aliphatic carboxylic acids is 1. The number of amides is 1. The summed E-state index contributed by atoms with van der Waals surface area (Å²) in [4.78, 5) is 24.9. The van der Waals surface area contributed by atoms with Gasteiger partial charge >= 0.3 is 0 Å². The van der Waals surface area contributed by atoms with Crippen LogP contribution in [0.25, 0.3) is 10.9 Å². The molecule has 94 valence electrons. The second kappa shape index (κ2) is 5.35. The Morgan fingerprint density at radius 2 is 2.06 bits per heavy atom. The predicted octanol–water partition coefficient (Wildman–Crippen LogP) is -0.0334. The van der Waals surface area contributed by atoms with Crippen molar-refractivity contribution < 1.29 is 14.7 Å². The molecule has 0 aliphatic carbocycles. The first-order valence-corrected chi connectivity index (χ1v) is 5.68. The summed E-state index contributed by atoms with van der Waals surface area (Å²) < 4.78 is 0. The molecule has 0 saturated carbocycles. The van der Waals surface area contributed by atoms with Crippen molar-refractivity contribution in [3.05, 3.63) is 36.0 Å². The van der Waals surface area contributed by atoms with Crippen LogP contribution in [0.15, 0.2) is 30.5 Å². The van der Waals surface area contributed by atoms with Gasteiger partial charge in [0.05, 0.1) is 6.42 Å². The zero-order chi connectivity index (χ0) is 13.0. The Kier molecular flexibility index (Phi) is 3.62. The minimum Gasteiger partial charge on any atom is -0.550 e. The van der Waals surface area contributed by atoms with Gasteiger partial charge in [0.15, 0.2) is 0 Å². The standard InChI is InChI=1S/C13H14N2O3/c16-12(14-6-5-13(17)18)7-9-8-15-11-4-2-1-3-10(9)11/h1-4,8,15H,5-7H2,(H,14,16)(H,17,18)/p-1. The number of carboxylic acid groups (broad SMARTS) is 1. The van der Waals surface area contributed by atoms with Crippen molar-refractivity contribution in [1.82, 2.24) is 10.3 Å². The van der Waals surface area contributed by atoms with Crippen molar-refractivity contribution >= 4 is 22.8 Å². The number of hydrogen-bond acceptors (Lipinski definition) is 3. The van der Waals surface area contributed by atoms with Crippen LogP contribution in [0, 0.1) is 0 Å². The molecule has 2 N–H and O–H groups in total. The number of aromatic amines is 1. The minimum absolute atomic E-state index is 0.101. The Morgan fingerprint density at radius 3 is 2.83 bits per heavy atom. The van der Waals surface area contributed by atoms with Crippen molar-refractivity contribution in [2.24, 2.45) is 0 Å². The number of aromatic nitrogens is 1. The van der Waals surface area contributed by atoms with Gasteiger partial charge in [0, 0.05) is 36.0 Å². The third-order valence-electron chi connectivity index (χ3n) is 2.68. The molecule has 0 aliphatic rings. The fourth-order valence-electron chi connectivity index (χ4n) is 1.82. The van der Waals surface area contributed by atoms with E-state index in [9.17, 15) is 14.7 Å². The van der Waals surface area contributed by atoms with Gasteiger partial charge < -0.3 is 20.2 Å². The molecule has 0 aliphatic heterocycles. The summed E-state index contributed by atoms with van der Waals surface area (Å²) in [5.74, 6) is -1.36. The number of nitrogens with one attached hydrogen (secondary N) is 2. The molecule has 0 spiro atoms. The predicted molar refractivity (Wildman–Crippen MR) is 64.6 cm³/mol. The maximum absolute atomic E-state index is 11.6. The number of rotatable bonds is 5. The SMILES string of the molecule is O=C([O-])CCNC(=O)Cc1c[nH]c2ccccc12. The first-order chi connectivity index (χ1) is 8.66. The highest BCUT2D eigenvalue weighted by atomic mass is 16.4. The lowest BCUT2D eigenvalue weighted by atomic mass is 10.1. The molecule has 2 rings (SSSR count). The largest absolute Gasteiger partial charge is 0.550 e. The van der Waals surface area contributed by atoms with E-state index in [0.29, 0.717) is 0 Å². The van der Waals surface area contributed by atoms with Crippen LogP contribution in [-0.4, -0.2) is 23.4 Å². The highest BCUT2D eigenvalue weighted by molar-refractivity contribution is 5.88. The van der Waals surface area contributed by atoms with E-state index in [-0.39, 0.29) is 25.3 Å². The molecule has 1 aromatic carbocycles. The van der Waals surface area contributed by atoms with Crippen LogP contribution in [0.3, 0.4) is 0 Å². The number of H-pyrrole nitrogens is 1. The van der Waals surface area contributed by atoms with Crippen LogP contribution in [-0.2, 0) is 16.0 Å². The van der Waals surface area contributed by atoms with Gasteiger partial charge in [-0.2, -0.15) is 0 Å². The molecule has 0 atom stereocenters. The first kappa shape index (κ1) is 12.2. The van der Waals surface area contributed by atoms with Crippen LogP contribution < -0.4 is 10.4 Å². The Morgan fingerprint density at radius 1 is 1.28 bits per heavy atom. The molecule has 1 amide bonds. The Balaban J connectivity index is 1.97. The molecular formula is C13H13N2O3-. The van der Waals surface area contributed by atoms with E-state index in [1.54, 1.807) is 6.20 Å². The fourth-order valence-corrected chi connectivity index (χ4v) is 1.82. The second-order valence-corrected chi connectivity index (χ2v) is 4.01. The van der Waals surface area contributed by atoms with E-state index in [2.05, 4.69) is 10.3 Å². The van der Waals surface area contributed by atoms with E-state index < -0.39 is 5.97 Å². The first-order valence-electron chi connectivity index (χ1n) is 5.68. The number of hydrogen-bond donors (Lipinski definition) is 2. The average molecular weight is 245 g/mol. The molecule has 2 aromatic rings. The lowest BCUT2D eigenvalue weighted by molar-refractivity contribution is -0.305. The number of para-hydroxylation sites is 1. The van der Waals surface area contributed by atoms with E-state index in [0.717, 1.165) is 16.5 Å². The van der Waals surface area contributed by atoms with E-state index in [1.165, 1.54) is 0 Å². The van der Waals surface area contributed by atoms with Gasteiger partial charge in [0.25, 0.3) is 0 Å². The summed E-state index contributed by atoms with van der Waals surface area (Å²) in [7, 11) is 0. The summed E-state index contributed by atoms with van der Waals surface area (Å²) in [6.07, 6.45) is 1.86. The molecule has 5 heteroatoms. The number of carbonyl (C=O) groups excluding carboxylic acids is 2. The molecule has 0 fully saturated rings. The number of benzene rings is 1. The summed E-state index contributed by atoms with van der Waals surface area (Å²) in [6, 6.07) is 7.71. The lowest BCUT2D eigenvalue weighted by Crippen LogP contribution is -2.31. The molecule has 18 heavy (non-hydrogen) atoms. The summed E-state index contributed by atoms with van der Waals surface area (Å²) in [5.41, 5.74) is 1.88. The minimum atomic E-state index is -1.16. The summed E-state index contributed by atoms with van der Waals surface area (Å²) >= 11 is 0. The zero-order valence-corrected chi connectivity index (χ0v) is 9.73. The van der Waals surface area contributed by atoms with Gasteiger partial charge in [0.1, 0.15) is 0 Å². The topological polar surface area (TPSA) is 85.0 Å². The van der Waals surface area contributed by atoms with E-state index in [1.807, 2.05) is 24.3 Å². The molecule has 1 aromatic heterocycles. The smallest absolute Gasteiger partial charge is 0.224 e. The van der Waals surface area contributed by atoms with Gasteiger partial charge in [-0.3, -0.25) is 4.79 Å². The van der Waals surface area contributed by atoms with Crippen LogP contribution in [0.1, 0.15) is 12.0 Å². The average Bonchev–Trinajstić information content (AvgIpc) is 2.72. The van der Waals surface area contributed by atoms with Gasteiger partial charge in [-0.25, -0.2) is 0 Å². The van der Waals surface area contributed by atoms with Crippen LogP contribution in [0.2, 0.25) is 0 Å². The summed E-state index contributed by atoms with van der Waals surface area (Å²) in [6.45, 7) is 0.101. The lowest BCUT2D eigenvalue weighted by Gasteiger charge is -2.05. The summed E-state index contributed by atoms with van der Waals surface area (Å²) in [5, 5.41) is 13.8. The van der Waals surface area contributed by atoms with Gasteiger partial charge in [-0.05, 0) is 11.6 Å². The Bertz CT molecular complexity index is 574. The van der Waals surface area contributed by atoms with Gasteiger partial charge in [-0.1, -0.05) is 18.2 Å². The highest BCUT2D eigenvalue weighted by Gasteiger charge is 2.07. The molecule has 0 saturated heterocycles. The molecule has 1 heterocycles. The third-order valence-corrected chi connectivity index (χ3v) is 2.68. The van der Waals surface area contributed by atoms with Crippen molar-refractivity contribution in [2.45, 2.75) is 12.8 Å². The molecule has 0 bridgehead atoms. The number of fused-ring (bicyclic) bond motifs is 1. The van der Waals surface area contributed by atoms with E-state index in [4.69, 9.17) is 0 Å².